The van der Waals surface area contributed by atoms with Crippen molar-refractivity contribution in [2.45, 2.75) is 44.6 Å². The van der Waals surface area contributed by atoms with Gasteiger partial charge < -0.3 is 9.80 Å². The molecule has 4 rings (SSSR count). The van der Waals surface area contributed by atoms with Gasteiger partial charge in [0.2, 0.25) is 11.9 Å². The van der Waals surface area contributed by atoms with Crippen molar-refractivity contribution in [3.8, 4) is 0 Å². The molecule has 6 heteroatoms. The first-order valence-electron chi connectivity index (χ1n) is 9.86. The van der Waals surface area contributed by atoms with Crippen molar-refractivity contribution in [3.63, 3.8) is 0 Å². The third-order valence-corrected chi connectivity index (χ3v) is 6.04. The second-order valence-corrected chi connectivity index (χ2v) is 7.63. The molecule has 3 aliphatic heterocycles. The molecular weight excluding hydrogens is 314 g/mol. The number of hydrogen-bond acceptors (Lipinski definition) is 5. The average molecular weight is 343 g/mol. The second kappa shape index (κ2) is 7.68. The number of anilines is 1. The number of nitrogens with zero attached hydrogens (tertiary/aromatic N) is 5. The van der Waals surface area contributed by atoms with Crippen molar-refractivity contribution >= 4 is 11.9 Å². The smallest absolute Gasteiger partial charge is 0.226 e. The predicted molar refractivity (Wildman–Crippen MR) is 97.4 cm³/mol. The van der Waals surface area contributed by atoms with Crippen LogP contribution in [0, 0.1) is 5.92 Å². The fraction of sp³-hybridized carbons (Fsp3) is 0.737. The van der Waals surface area contributed by atoms with Crippen LogP contribution in [0.25, 0.3) is 0 Å². The lowest BCUT2D eigenvalue weighted by molar-refractivity contribution is -0.136. The minimum Gasteiger partial charge on any atom is -0.342 e. The molecule has 0 bridgehead atoms. The lowest BCUT2D eigenvalue weighted by Gasteiger charge is -2.42. The van der Waals surface area contributed by atoms with Crippen LogP contribution in [0.3, 0.4) is 0 Å². The van der Waals surface area contributed by atoms with Gasteiger partial charge in [-0.1, -0.05) is 0 Å². The fourth-order valence-corrected chi connectivity index (χ4v) is 4.62. The first-order chi connectivity index (χ1) is 12.3. The quantitative estimate of drug-likeness (QED) is 0.837. The van der Waals surface area contributed by atoms with Crippen LogP contribution in [0.2, 0.25) is 0 Å². The van der Waals surface area contributed by atoms with E-state index in [4.69, 9.17) is 0 Å². The first kappa shape index (κ1) is 16.8. The van der Waals surface area contributed by atoms with E-state index in [1.165, 1.54) is 12.8 Å². The van der Waals surface area contributed by atoms with Gasteiger partial charge in [-0.3, -0.25) is 9.69 Å². The van der Waals surface area contributed by atoms with Crippen LogP contribution in [0.4, 0.5) is 5.95 Å². The van der Waals surface area contributed by atoms with Crippen LogP contribution in [0.5, 0.6) is 0 Å². The molecule has 25 heavy (non-hydrogen) atoms. The third kappa shape index (κ3) is 3.78. The highest BCUT2D eigenvalue weighted by Gasteiger charge is 2.34. The molecule has 4 heterocycles. The molecule has 3 aliphatic rings. The summed E-state index contributed by atoms with van der Waals surface area (Å²) in [5.41, 5.74) is 0. The van der Waals surface area contributed by atoms with E-state index in [0.717, 1.165) is 70.9 Å². The normalized spacial score (nSPS) is 26.2. The number of carbonyl (C=O) groups is 1. The summed E-state index contributed by atoms with van der Waals surface area (Å²) >= 11 is 0. The molecule has 6 nitrogen and oxygen atoms in total. The van der Waals surface area contributed by atoms with Gasteiger partial charge in [0.05, 0.1) is 5.92 Å². The van der Waals surface area contributed by atoms with Crippen molar-refractivity contribution < 1.29 is 4.79 Å². The maximum Gasteiger partial charge on any atom is 0.226 e. The number of rotatable bonds is 3. The summed E-state index contributed by atoms with van der Waals surface area (Å²) in [6.45, 7) is 6.08. The number of piperidine rings is 2. The molecule has 136 valence electrons. The molecule has 1 aromatic rings. The standard InChI is InChI=1S/C19H29N5O/c25-18(22-10-1-2-11-22)16-5-3-12-24(15-16)17-6-13-23(14-7-17)19-20-8-4-9-21-19/h4,8-9,16-17H,1-3,5-7,10-15H2. The van der Waals surface area contributed by atoms with Crippen molar-refractivity contribution in [3.05, 3.63) is 18.5 Å². The number of aromatic nitrogens is 2. The van der Waals surface area contributed by atoms with Crippen molar-refractivity contribution in [1.29, 1.82) is 0 Å². The van der Waals surface area contributed by atoms with Crippen molar-refractivity contribution in [1.82, 2.24) is 19.8 Å². The van der Waals surface area contributed by atoms with Crippen LogP contribution >= 0.6 is 0 Å². The SMILES string of the molecule is O=C(C1CCCN(C2CCN(c3ncccn3)CC2)C1)N1CCCC1. The maximum atomic E-state index is 12.7. The summed E-state index contributed by atoms with van der Waals surface area (Å²) in [6.07, 6.45) is 10.5. The lowest BCUT2D eigenvalue weighted by atomic mass is 9.93. The average Bonchev–Trinajstić information content (AvgIpc) is 3.23. The Labute approximate surface area is 150 Å². The van der Waals surface area contributed by atoms with Gasteiger partial charge in [-0.2, -0.15) is 0 Å². The van der Waals surface area contributed by atoms with Crippen LogP contribution < -0.4 is 4.90 Å². The third-order valence-electron chi connectivity index (χ3n) is 6.04. The van der Waals surface area contributed by atoms with Gasteiger partial charge in [0, 0.05) is 51.2 Å². The molecule has 1 amide bonds. The highest BCUT2D eigenvalue weighted by atomic mass is 16.2. The highest BCUT2D eigenvalue weighted by molar-refractivity contribution is 5.79. The summed E-state index contributed by atoms with van der Waals surface area (Å²) in [7, 11) is 0. The Balaban J connectivity index is 1.31. The fourth-order valence-electron chi connectivity index (χ4n) is 4.62. The summed E-state index contributed by atoms with van der Waals surface area (Å²) in [4.78, 5) is 28.5. The maximum absolute atomic E-state index is 12.7. The van der Waals surface area contributed by atoms with Crippen LogP contribution in [0.15, 0.2) is 18.5 Å². The van der Waals surface area contributed by atoms with E-state index in [0.29, 0.717) is 11.9 Å². The molecule has 3 saturated heterocycles. The zero-order valence-electron chi connectivity index (χ0n) is 15.0. The Hall–Kier alpha value is -1.69. The Kier molecular flexibility index (Phi) is 5.15. The lowest BCUT2D eigenvalue weighted by Crippen LogP contribution is -2.51. The minimum atomic E-state index is 0.224. The van der Waals surface area contributed by atoms with E-state index >= 15 is 0 Å². The van der Waals surface area contributed by atoms with E-state index in [1.54, 1.807) is 0 Å². The van der Waals surface area contributed by atoms with E-state index in [9.17, 15) is 4.79 Å². The van der Waals surface area contributed by atoms with Crippen LogP contribution in [-0.4, -0.2) is 71.0 Å². The monoisotopic (exact) mass is 343 g/mol. The molecule has 0 aliphatic carbocycles. The topological polar surface area (TPSA) is 52.6 Å². The van der Waals surface area contributed by atoms with Crippen molar-refractivity contribution in [2.75, 3.05) is 44.2 Å². The largest absolute Gasteiger partial charge is 0.342 e. The van der Waals surface area contributed by atoms with Gasteiger partial charge in [-0.15, -0.1) is 0 Å². The minimum absolute atomic E-state index is 0.224. The van der Waals surface area contributed by atoms with Gasteiger partial charge in [-0.05, 0) is 51.1 Å². The van der Waals surface area contributed by atoms with E-state index in [2.05, 4.69) is 24.7 Å². The second-order valence-electron chi connectivity index (χ2n) is 7.63. The molecule has 1 atom stereocenters. The zero-order chi connectivity index (χ0) is 17.1. The summed E-state index contributed by atoms with van der Waals surface area (Å²) in [6, 6.07) is 2.47. The molecule has 1 unspecified atom stereocenters. The van der Waals surface area contributed by atoms with E-state index < -0.39 is 0 Å². The number of carbonyl (C=O) groups excluding carboxylic acids is 1. The number of hydrogen-bond donors (Lipinski definition) is 0. The van der Waals surface area contributed by atoms with Gasteiger partial charge >= 0.3 is 0 Å². The number of likely N-dealkylation sites (tertiary alicyclic amines) is 2. The Morgan fingerprint density at radius 2 is 1.64 bits per heavy atom. The first-order valence-corrected chi connectivity index (χ1v) is 9.86. The predicted octanol–water partition coefficient (Wildman–Crippen LogP) is 1.78. The Morgan fingerprint density at radius 3 is 2.36 bits per heavy atom. The number of amides is 1. The van der Waals surface area contributed by atoms with Crippen molar-refractivity contribution in [2.24, 2.45) is 5.92 Å². The van der Waals surface area contributed by atoms with Crippen LogP contribution in [-0.2, 0) is 4.79 Å². The zero-order valence-corrected chi connectivity index (χ0v) is 15.0. The molecule has 0 N–H and O–H groups in total. The molecular formula is C19H29N5O. The van der Waals surface area contributed by atoms with Crippen LogP contribution in [0.1, 0.15) is 38.5 Å². The summed E-state index contributed by atoms with van der Waals surface area (Å²) in [5.74, 6) is 1.49. The van der Waals surface area contributed by atoms with Gasteiger partial charge in [-0.25, -0.2) is 9.97 Å². The molecule has 1 aromatic heterocycles. The summed E-state index contributed by atoms with van der Waals surface area (Å²) < 4.78 is 0. The molecule has 0 aromatic carbocycles. The summed E-state index contributed by atoms with van der Waals surface area (Å²) in [5, 5.41) is 0. The Bertz CT molecular complexity index is 566. The molecule has 0 saturated carbocycles. The van der Waals surface area contributed by atoms with E-state index in [1.807, 2.05) is 18.5 Å². The molecule has 0 radical (unpaired) electrons. The molecule has 0 spiro atoms. The van der Waals surface area contributed by atoms with E-state index in [-0.39, 0.29) is 5.92 Å². The van der Waals surface area contributed by atoms with Gasteiger partial charge in [0.1, 0.15) is 0 Å². The Morgan fingerprint density at radius 1 is 0.920 bits per heavy atom. The highest BCUT2D eigenvalue weighted by Crippen LogP contribution is 2.26. The van der Waals surface area contributed by atoms with Gasteiger partial charge in [0.25, 0.3) is 0 Å². The van der Waals surface area contributed by atoms with Gasteiger partial charge in [0.15, 0.2) is 0 Å². The molecule has 3 fully saturated rings.